The van der Waals surface area contributed by atoms with Gasteiger partial charge in [0, 0.05) is 46.0 Å². The van der Waals surface area contributed by atoms with E-state index in [1.165, 1.54) is 0 Å². The molecule has 33 heavy (non-hydrogen) atoms. The zero-order valence-corrected chi connectivity index (χ0v) is 18.4. The number of nitrogens with zero attached hydrogens (tertiary/aromatic N) is 6. The first-order valence-corrected chi connectivity index (χ1v) is 10.7. The number of fused-ring (bicyclic) bond motifs is 1. The van der Waals surface area contributed by atoms with E-state index in [4.69, 9.17) is 0 Å². The molecule has 1 aliphatic heterocycles. The van der Waals surface area contributed by atoms with E-state index in [0.717, 1.165) is 60.9 Å². The van der Waals surface area contributed by atoms with Gasteiger partial charge in [0.25, 0.3) is 0 Å². The van der Waals surface area contributed by atoms with Gasteiger partial charge in [0.05, 0.1) is 29.1 Å². The number of nitrogens with one attached hydrogen (secondary N) is 4. The number of anilines is 6. The van der Waals surface area contributed by atoms with E-state index in [0.29, 0.717) is 5.69 Å². The summed E-state index contributed by atoms with van der Waals surface area (Å²) in [5.74, 6) is 1.46. The van der Waals surface area contributed by atoms with Gasteiger partial charge in [-0.25, -0.2) is 19.3 Å². The van der Waals surface area contributed by atoms with Crippen molar-refractivity contribution in [3.63, 3.8) is 0 Å². The molecule has 0 spiro atoms. The van der Waals surface area contributed by atoms with Gasteiger partial charge < -0.3 is 30.7 Å². The van der Waals surface area contributed by atoms with Crippen LogP contribution in [0.2, 0.25) is 0 Å². The van der Waals surface area contributed by atoms with E-state index >= 15 is 0 Å². The van der Waals surface area contributed by atoms with Gasteiger partial charge in [-0.3, -0.25) is 0 Å². The number of imidazole rings is 1. The lowest BCUT2D eigenvalue weighted by molar-refractivity contribution is 0.585. The van der Waals surface area contributed by atoms with E-state index in [-0.39, 0.29) is 11.8 Å². The quantitative estimate of drug-likeness (QED) is 0.354. The van der Waals surface area contributed by atoms with Gasteiger partial charge in [0.2, 0.25) is 11.9 Å². The number of H-pyrrole nitrogens is 1. The van der Waals surface area contributed by atoms with E-state index in [2.05, 4.69) is 45.8 Å². The minimum Gasteiger partial charge on any atom is -0.354 e. The van der Waals surface area contributed by atoms with Crippen LogP contribution in [0.3, 0.4) is 0 Å². The van der Waals surface area contributed by atoms with E-state index < -0.39 is 5.82 Å². The van der Waals surface area contributed by atoms with Crippen LogP contribution in [0.4, 0.5) is 39.3 Å². The van der Waals surface area contributed by atoms with Gasteiger partial charge in [-0.05, 0) is 30.3 Å². The van der Waals surface area contributed by atoms with Crippen molar-refractivity contribution in [3.8, 4) is 0 Å². The Kier molecular flexibility index (Phi) is 5.61. The summed E-state index contributed by atoms with van der Waals surface area (Å²) in [5, 5.41) is 9.44. The highest BCUT2D eigenvalue weighted by Crippen LogP contribution is 2.24. The molecule has 0 saturated carbocycles. The van der Waals surface area contributed by atoms with Crippen molar-refractivity contribution in [3.05, 3.63) is 48.5 Å². The zero-order valence-electron chi connectivity index (χ0n) is 18.4. The highest BCUT2D eigenvalue weighted by atomic mass is 19.1. The Morgan fingerprint density at radius 3 is 2.55 bits per heavy atom. The fourth-order valence-electron chi connectivity index (χ4n) is 3.61. The Morgan fingerprint density at radius 2 is 1.79 bits per heavy atom. The molecule has 3 aromatic heterocycles. The van der Waals surface area contributed by atoms with Gasteiger partial charge >= 0.3 is 0 Å². The van der Waals surface area contributed by atoms with Crippen molar-refractivity contribution in [2.24, 2.45) is 0 Å². The van der Waals surface area contributed by atoms with E-state index in [1.54, 1.807) is 6.20 Å². The number of rotatable bonds is 6. The summed E-state index contributed by atoms with van der Waals surface area (Å²) in [4.78, 5) is 24.7. The summed E-state index contributed by atoms with van der Waals surface area (Å²) in [5.41, 5.74) is 3.13. The van der Waals surface area contributed by atoms with Crippen molar-refractivity contribution in [1.82, 2.24) is 30.2 Å². The molecule has 0 unspecified atom stereocenters. The molecule has 4 heterocycles. The summed E-state index contributed by atoms with van der Waals surface area (Å²) < 4.78 is 14.4. The number of benzene rings is 1. The van der Waals surface area contributed by atoms with Gasteiger partial charge in [0.1, 0.15) is 5.82 Å². The summed E-state index contributed by atoms with van der Waals surface area (Å²) in [6.07, 6.45) is 2.82. The van der Waals surface area contributed by atoms with E-state index in [9.17, 15) is 4.39 Å². The van der Waals surface area contributed by atoms with Crippen LogP contribution >= 0.6 is 0 Å². The molecule has 1 aliphatic rings. The monoisotopic (exact) mass is 448 g/mol. The molecule has 10 nitrogen and oxygen atoms in total. The van der Waals surface area contributed by atoms with Crippen molar-refractivity contribution < 1.29 is 4.39 Å². The lowest BCUT2D eigenvalue weighted by Crippen LogP contribution is -2.43. The minimum absolute atomic E-state index is 0.0711. The molecular formula is C22H25FN10. The van der Waals surface area contributed by atoms with Crippen LogP contribution in [0.5, 0.6) is 0 Å². The first-order chi connectivity index (χ1) is 16.0. The van der Waals surface area contributed by atoms with Crippen molar-refractivity contribution in [2.45, 2.75) is 0 Å². The maximum Gasteiger partial charge on any atom is 0.229 e. The molecule has 4 aromatic rings. The molecule has 0 radical (unpaired) electrons. The third-order valence-electron chi connectivity index (χ3n) is 5.34. The third kappa shape index (κ3) is 4.62. The first kappa shape index (κ1) is 20.9. The Balaban J connectivity index is 1.31. The van der Waals surface area contributed by atoms with E-state index in [1.807, 2.05) is 49.3 Å². The van der Waals surface area contributed by atoms with Gasteiger partial charge in [-0.15, -0.1) is 0 Å². The van der Waals surface area contributed by atoms with Crippen LogP contribution in [0, 0.1) is 5.82 Å². The predicted octanol–water partition coefficient (Wildman–Crippen LogP) is 2.85. The average Bonchev–Trinajstić information content (AvgIpc) is 3.26. The molecule has 1 aromatic carbocycles. The van der Waals surface area contributed by atoms with Crippen molar-refractivity contribution in [2.75, 3.05) is 60.7 Å². The number of hydrogen-bond acceptors (Lipinski definition) is 9. The topological polar surface area (TPSA) is 110 Å². The first-order valence-electron chi connectivity index (χ1n) is 10.7. The molecular weight excluding hydrogens is 423 g/mol. The summed E-state index contributed by atoms with van der Waals surface area (Å²) >= 11 is 0. The predicted molar refractivity (Wildman–Crippen MR) is 128 cm³/mol. The lowest BCUT2D eigenvalue weighted by atomic mass is 10.3. The van der Waals surface area contributed by atoms with Gasteiger partial charge in [0.15, 0.2) is 11.6 Å². The molecule has 1 saturated heterocycles. The van der Waals surface area contributed by atoms with Crippen LogP contribution in [0.15, 0.2) is 42.7 Å². The summed E-state index contributed by atoms with van der Waals surface area (Å²) in [6.45, 7) is 3.70. The number of halogens is 1. The number of hydrogen-bond donors (Lipinski definition) is 4. The standard InChI is InChI=1S/C22H25FN10/c1-32(2)22-29-17-5-3-14(11-18(17)30-22)28-21-26-13-16(23)20(31-21)27-15-4-6-19(25-12-15)33-9-7-24-8-10-33/h3-6,11-13,24H,7-10H2,1-2H3,(H,29,30)(H2,26,27,28,31). The Bertz CT molecular complexity index is 1250. The number of pyridine rings is 1. The molecule has 0 amide bonds. The summed E-state index contributed by atoms with van der Waals surface area (Å²) in [6, 6.07) is 9.48. The zero-order chi connectivity index (χ0) is 22.8. The normalized spacial score (nSPS) is 13.8. The molecule has 0 atom stereocenters. The van der Waals surface area contributed by atoms with Crippen molar-refractivity contribution >= 4 is 45.9 Å². The van der Waals surface area contributed by atoms with Crippen LogP contribution in [0.25, 0.3) is 11.0 Å². The van der Waals surface area contributed by atoms with Crippen LogP contribution < -0.4 is 25.8 Å². The second-order valence-electron chi connectivity index (χ2n) is 7.97. The molecule has 4 N–H and O–H groups in total. The molecule has 0 aliphatic carbocycles. The Morgan fingerprint density at radius 1 is 0.970 bits per heavy atom. The molecule has 0 bridgehead atoms. The van der Waals surface area contributed by atoms with Gasteiger partial charge in [-0.1, -0.05) is 0 Å². The van der Waals surface area contributed by atoms with Crippen molar-refractivity contribution in [1.29, 1.82) is 0 Å². The van der Waals surface area contributed by atoms with Gasteiger partial charge in [-0.2, -0.15) is 4.98 Å². The third-order valence-corrected chi connectivity index (χ3v) is 5.34. The highest BCUT2D eigenvalue weighted by molar-refractivity contribution is 5.82. The molecule has 11 heteroatoms. The number of piperazine rings is 1. The van der Waals surface area contributed by atoms with Crippen LogP contribution in [-0.4, -0.2) is 65.2 Å². The summed E-state index contributed by atoms with van der Waals surface area (Å²) in [7, 11) is 3.85. The number of aromatic amines is 1. The van der Waals surface area contributed by atoms with Crippen LogP contribution in [-0.2, 0) is 0 Å². The average molecular weight is 449 g/mol. The second kappa shape index (κ2) is 8.87. The molecule has 170 valence electrons. The molecule has 1 fully saturated rings. The fourth-order valence-corrected chi connectivity index (χ4v) is 3.61. The Hall–Kier alpha value is -3.99. The maximum absolute atomic E-state index is 14.4. The largest absolute Gasteiger partial charge is 0.354 e. The fraction of sp³-hybridized carbons (Fsp3) is 0.273. The Labute approximate surface area is 190 Å². The smallest absolute Gasteiger partial charge is 0.229 e. The maximum atomic E-state index is 14.4. The second-order valence-corrected chi connectivity index (χ2v) is 7.97. The number of aromatic nitrogens is 5. The molecule has 5 rings (SSSR count). The highest BCUT2D eigenvalue weighted by Gasteiger charge is 2.13. The van der Waals surface area contributed by atoms with Crippen LogP contribution in [0.1, 0.15) is 0 Å². The SMILES string of the molecule is CN(C)c1nc2ccc(Nc3ncc(F)c(Nc4ccc(N5CCNCC5)nc4)n3)cc2[nH]1. The minimum atomic E-state index is -0.550. The lowest BCUT2D eigenvalue weighted by Gasteiger charge is -2.28.